The fourth-order valence-corrected chi connectivity index (χ4v) is 3.78. The van der Waals surface area contributed by atoms with E-state index in [1.165, 1.54) is 16.7 Å². The number of hydrogen-bond donors (Lipinski definition) is 1. The van der Waals surface area contributed by atoms with E-state index in [1.54, 1.807) is 24.3 Å². The average Bonchev–Trinajstić information content (AvgIpc) is 2.89. The zero-order valence-corrected chi connectivity index (χ0v) is 16.2. The summed E-state index contributed by atoms with van der Waals surface area (Å²) in [5.74, 6) is -0.518. The minimum atomic E-state index is -0.911. The Morgan fingerprint density at radius 1 is 1.26 bits per heavy atom. The maximum atomic E-state index is 12.8. The molecule has 1 saturated heterocycles. The molecule has 0 bridgehead atoms. The molecule has 0 radical (unpaired) electrons. The molecule has 1 aliphatic heterocycles. The molecular weight excluding hydrogens is 382 g/mol. The highest BCUT2D eigenvalue weighted by Gasteiger charge is 2.33. The van der Waals surface area contributed by atoms with Gasteiger partial charge in [0.2, 0.25) is 0 Å². The smallest absolute Gasteiger partial charge is 0.306 e. The van der Waals surface area contributed by atoms with Crippen molar-refractivity contribution in [3.05, 3.63) is 64.6 Å². The molecule has 0 atom stereocenters. The van der Waals surface area contributed by atoms with Gasteiger partial charge in [-0.25, -0.2) is 0 Å². The molecule has 0 unspecified atom stereocenters. The molecule has 1 amide bonds. The molecule has 0 saturated carbocycles. The molecule has 27 heavy (non-hydrogen) atoms. The summed E-state index contributed by atoms with van der Waals surface area (Å²) in [4.78, 5) is 25.4. The van der Waals surface area contributed by atoms with Crippen LogP contribution in [0.2, 0.25) is 0 Å². The van der Waals surface area contributed by atoms with E-state index in [-0.39, 0.29) is 18.9 Å². The number of carboxylic acids is 1. The molecule has 138 valence electrons. The van der Waals surface area contributed by atoms with Crippen molar-refractivity contribution in [3.8, 4) is 5.75 Å². The third-order valence-corrected chi connectivity index (χ3v) is 5.13. The van der Waals surface area contributed by atoms with Crippen molar-refractivity contribution in [3.63, 3.8) is 0 Å². The number of aliphatic carboxylic acids is 1. The summed E-state index contributed by atoms with van der Waals surface area (Å²) in [6, 6.07) is 14.8. The second-order valence-corrected chi connectivity index (χ2v) is 7.59. The van der Waals surface area contributed by atoms with Gasteiger partial charge in [-0.05, 0) is 42.8 Å². The number of carbonyl (C=O) groups excluding carboxylic acids is 1. The van der Waals surface area contributed by atoms with Gasteiger partial charge in [0.15, 0.2) is 4.32 Å². The predicted molar refractivity (Wildman–Crippen MR) is 111 cm³/mol. The molecule has 5 nitrogen and oxygen atoms in total. The third kappa shape index (κ3) is 4.75. The van der Waals surface area contributed by atoms with E-state index in [4.69, 9.17) is 22.1 Å². The SMILES string of the molecule is Cc1ccc(N2C(=O)/C(=C\c3cccc(OCCC(=O)O)c3)SC2=S)cc1. The zero-order chi connectivity index (χ0) is 19.4. The van der Waals surface area contributed by atoms with Crippen LogP contribution in [0.5, 0.6) is 5.75 Å². The highest BCUT2D eigenvalue weighted by molar-refractivity contribution is 8.27. The summed E-state index contributed by atoms with van der Waals surface area (Å²) in [6.45, 7) is 2.08. The maximum Gasteiger partial charge on any atom is 0.306 e. The normalized spacial score (nSPS) is 15.4. The molecule has 1 N–H and O–H groups in total. The highest BCUT2D eigenvalue weighted by Crippen LogP contribution is 2.36. The van der Waals surface area contributed by atoms with Gasteiger partial charge >= 0.3 is 5.97 Å². The minimum Gasteiger partial charge on any atom is -0.493 e. The monoisotopic (exact) mass is 399 g/mol. The minimum absolute atomic E-state index is 0.0700. The summed E-state index contributed by atoms with van der Waals surface area (Å²) in [7, 11) is 0. The van der Waals surface area contributed by atoms with Crippen LogP contribution in [0.1, 0.15) is 17.5 Å². The van der Waals surface area contributed by atoms with E-state index in [9.17, 15) is 9.59 Å². The van der Waals surface area contributed by atoms with Crippen molar-refractivity contribution >= 4 is 51.9 Å². The molecule has 2 aromatic carbocycles. The van der Waals surface area contributed by atoms with Crippen LogP contribution in [0.4, 0.5) is 5.69 Å². The quantitative estimate of drug-likeness (QED) is 0.578. The maximum absolute atomic E-state index is 12.8. The van der Waals surface area contributed by atoms with Crippen molar-refractivity contribution in [1.82, 2.24) is 0 Å². The van der Waals surface area contributed by atoms with Crippen LogP contribution in [0.15, 0.2) is 53.4 Å². The fourth-order valence-electron chi connectivity index (χ4n) is 2.49. The summed E-state index contributed by atoms with van der Waals surface area (Å²) in [6.07, 6.45) is 1.69. The Hall–Kier alpha value is -2.64. The zero-order valence-electron chi connectivity index (χ0n) is 14.5. The van der Waals surface area contributed by atoms with E-state index < -0.39 is 5.97 Å². The number of ether oxygens (including phenoxy) is 1. The van der Waals surface area contributed by atoms with Crippen LogP contribution in [-0.2, 0) is 9.59 Å². The van der Waals surface area contributed by atoms with E-state index in [0.717, 1.165) is 16.8 Å². The van der Waals surface area contributed by atoms with Gasteiger partial charge in [-0.2, -0.15) is 0 Å². The van der Waals surface area contributed by atoms with Gasteiger partial charge < -0.3 is 9.84 Å². The van der Waals surface area contributed by atoms with Gasteiger partial charge in [-0.15, -0.1) is 0 Å². The van der Waals surface area contributed by atoms with E-state index in [1.807, 2.05) is 37.3 Å². The first-order valence-electron chi connectivity index (χ1n) is 8.23. The first-order chi connectivity index (χ1) is 12.9. The standard InChI is InChI=1S/C20H17NO4S2/c1-13-5-7-15(8-6-13)21-19(24)17(27-20(21)26)12-14-3-2-4-16(11-14)25-10-9-18(22)23/h2-8,11-12H,9-10H2,1H3,(H,22,23)/b17-12+. The lowest BCUT2D eigenvalue weighted by atomic mass is 10.2. The lowest BCUT2D eigenvalue weighted by Crippen LogP contribution is -2.27. The first kappa shape index (κ1) is 19.1. The number of aryl methyl sites for hydroxylation is 1. The molecule has 0 aliphatic carbocycles. The summed E-state index contributed by atoms with van der Waals surface area (Å²) in [5, 5.41) is 8.68. The summed E-state index contributed by atoms with van der Waals surface area (Å²) < 4.78 is 5.92. The highest BCUT2D eigenvalue weighted by atomic mass is 32.2. The van der Waals surface area contributed by atoms with Crippen molar-refractivity contribution < 1.29 is 19.4 Å². The Bertz CT molecular complexity index is 922. The van der Waals surface area contributed by atoms with Crippen molar-refractivity contribution in [2.45, 2.75) is 13.3 Å². The van der Waals surface area contributed by atoms with Crippen LogP contribution >= 0.6 is 24.0 Å². The Labute approximate surface area is 166 Å². The fraction of sp³-hybridized carbons (Fsp3) is 0.150. The van der Waals surface area contributed by atoms with Crippen LogP contribution in [0.3, 0.4) is 0 Å². The number of thioether (sulfide) groups is 1. The van der Waals surface area contributed by atoms with Crippen LogP contribution in [0.25, 0.3) is 6.08 Å². The molecule has 3 rings (SSSR count). The summed E-state index contributed by atoms with van der Waals surface area (Å²) >= 11 is 6.63. The number of rotatable bonds is 6. The molecule has 0 aromatic heterocycles. The lowest BCUT2D eigenvalue weighted by Gasteiger charge is -2.14. The number of hydrogen-bond acceptors (Lipinski definition) is 5. The van der Waals surface area contributed by atoms with Gasteiger partial charge in [-0.1, -0.05) is 53.8 Å². The molecular formula is C20H17NO4S2. The molecule has 2 aromatic rings. The van der Waals surface area contributed by atoms with Crippen molar-refractivity contribution in [1.29, 1.82) is 0 Å². The Kier molecular flexibility index (Phi) is 5.93. The first-order valence-corrected chi connectivity index (χ1v) is 9.46. The second kappa shape index (κ2) is 8.37. The van der Waals surface area contributed by atoms with Gasteiger partial charge in [-0.3, -0.25) is 14.5 Å². The van der Waals surface area contributed by atoms with Crippen molar-refractivity contribution in [2.75, 3.05) is 11.5 Å². The second-order valence-electron chi connectivity index (χ2n) is 5.92. The van der Waals surface area contributed by atoms with Gasteiger partial charge in [0, 0.05) is 0 Å². The largest absolute Gasteiger partial charge is 0.493 e. The van der Waals surface area contributed by atoms with Crippen LogP contribution in [0, 0.1) is 6.92 Å². The van der Waals surface area contributed by atoms with Gasteiger partial charge in [0.1, 0.15) is 5.75 Å². The lowest BCUT2D eigenvalue weighted by molar-refractivity contribution is -0.137. The average molecular weight is 399 g/mol. The predicted octanol–water partition coefficient (Wildman–Crippen LogP) is 4.25. The van der Waals surface area contributed by atoms with Crippen molar-refractivity contribution in [2.24, 2.45) is 0 Å². The van der Waals surface area contributed by atoms with Crippen LogP contribution in [-0.4, -0.2) is 27.9 Å². The third-order valence-electron chi connectivity index (χ3n) is 3.83. The number of anilines is 1. The van der Waals surface area contributed by atoms with Gasteiger partial charge in [0.25, 0.3) is 5.91 Å². The number of benzene rings is 2. The number of thiocarbonyl (C=S) groups is 1. The Morgan fingerprint density at radius 3 is 2.70 bits per heavy atom. The number of amides is 1. The topological polar surface area (TPSA) is 66.8 Å². The Morgan fingerprint density at radius 2 is 2.00 bits per heavy atom. The molecule has 1 aliphatic rings. The Balaban J connectivity index is 1.77. The number of nitrogens with zero attached hydrogens (tertiary/aromatic N) is 1. The molecule has 1 fully saturated rings. The molecule has 7 heteroatoms. The van der Waals surface area contributed by atoms with Crippen LogP contribution < -0.4 is 9.64 Å². The number of carboxylic acid groups (broad SMARTS) is 1. The van der Waals surface area contributed by atoms with E-state index in [2.05, 4.69) is 0 Å². The summed E-state index contributed by atoms with van der Waals surface area (Å²) in [5.41, 5.74) is 2.64. The van der Waals surface area contributed by atoms with E-state index in [0.29, 0.717) is 15.0 Å². The van der Waals surface area contributed by atoms with Gasteiger partial charge in [0.05, 0.1) is 23.6 Å². The molecule has 0 spiro atoms. The number of carbonyl (C=O) groups is 2. The molecule has 1 heterocycles. The van der Waals surface area contributed by atoms with E-state index >= 15 is 0 Å².